The maximum atomic E-state index is 13.5. The zero-order chi connectivity index (χ0) is 12.4. The fourth-order valence-corrected chi connectivity index (χ4v) is 1.59. The van der Waals surface area contributed by atoms with Crippen molar-refractivity contribution in [2.45, 2.75) is 0 Å². The number of nitrogens with zero attached hydrogens (tertiary/aromatic N) is 1. The zero-order valence-electron chi connectivity index (χ0n) is 9.05. The van der Waals surface area contributed by atoms with E-state index < -0.39 is 11.8 Å². The summed E-state index contributed by atoms with van der Waals surface area (Å²) in [5.74, 6) is -1.47. The summed E-state index contributed by atoms with van der Waals surface area (Å²) in [5.41, 5.74) is 0.514. The van der Waals surface area contributed by atoms with E-state index in [1.54, 1.807) is 18.3 Å². The first-order valence-electron chi connectivity index (χ1n) is 4.88. The van der Waals surface area contributed by atoms with Crippen LogP contribution < -0.4 is 4.74 Å². The Bertz CT molecular complexity index is 563. The minimum Gasteiger partial charge on any atom is -0.494 e. The van der Waals surface area contributed by atoms with Crippen LogP contribution >= 0.6 is 0 Å². The second kappa shape index (κ2) is 4.29. The van der Waals surface area contributed by atoms with Crippen molar-refractivity contribution in [2.75, 3.05) is 7.11 Å². The third kappa shape index (κ3) is 1.99. The highest BCUT2D eigenvalue weighted by Crippen LogP contribution is 2.21. The van der Waals surface area contributed by atoms with Gasteiger partial charge in [-0.15, -0.1) is 0 Å². The maximum Gasteiger partial charge on any atom is 0.352 e. The van der Waals surface area contributed by atoms with Crippen molar-refractivity contribution in [1.29, 1.82) is 0 Å². The molecule has 0 aliphatic carbocycles. The lowest BCUT2D eigenvalue weighted by molar-refractivity contribution is 0.0688. The number of ether oxygens (including phenoxy) is 1. The van der Waals surface area contributed by atoms with Crippen LogP contribution in [0.5, 0.6) is 5.75 Å². The molecule has 0 fully saturated rings. The van der Waals surface area contributed by atoms with E-state index in [0.29, 0.717) is 5.69 Å². The number of aromatic nitrogens is 1. The molecule has 0 saturated carbocycles. The Hall–Kier alpha value is -2.30. The molecule has 1 N–H and O–H groups in total. The summed E-state index contributed by atoms with van der Waals surface area (Å²) in [6.45, 7) is 0. The minimum absolute atomic E-state index is 0.0783. The fourth-order valence-electron chi connectivity index (χ4n) is 1.59. The highest BCUT2D eigenvalue weighted by Gasteiger charge is 2.11. The molecule has 0 unspecified atom stereocenters. The number of hydrogen-bond acceptors (Lipinski definition) is 2. The van der Waals surface area contributed by atoms with Gasteiger partial charge in [0.15, 0.2) is 11.6 Å². The van der Waals surface area contributed by atoms with E-state index in [0.717, 1.165) is 0 Å². The summed E-state index contributed by atoms with van der Waals surface area (Å²) in [7, 11) is 1.37. The maximum absolute atomic E-state index is 13.5. The molecule has 0 aliphatic heterocycles. The predicted octanol–water partition coefficient (Wildman–Crippen LogP) is 2.32. The quantitative estimate of drug-likeness (QED) is 0.888. The van der Waals surface area contributed by atoms with Crippen LogP contribution in [0.2, 0.25) is 0 Å². The highest BCUT2D eigenvalue weighted by atomic mass is 19.1. The largest absolute Gasteiger partial charge is 0.494 e. The number of methoxy groups -OCH3 is 1. The molecule has 1 aromatic carbocycles. The molecule has 17 heavy (non-hydrogen) atoms. The number of aromatic carboxylic acids is 1. The van der Waals surface area contributed by atoms with Gasteiger partial charge in [-0.3, -0.25) is 0 Å². The van der Waals surface area contributed by atoms with Crippen molar-refractivity contribution in [3.05, 3.63) is 48.0 Å². The molecule has 0 amide bonds. The molecule has 88 valence electrons. The van der Waals surface area contributed by atoms with Gasteiger partial charge in [-0.25, -0.2) is 9.18 Å². The number of rotatable bonds is 3. The normalized spacial score (nSPS) is 10.2. The first-order chi connectivity index (χ1) is 8.13. The smallest absolute Gasteiger partial charge is 0.352 e. The number of carboxylic acids is 1. The summed E-state index contributed by atoms with van der Waals surface area (Å²) in [5, 5.41) is 8.95. The molecule has 0 atom stereocenters. The van der Waals surface area contributed by atoms with E-state index in [-0.39, 0.29) is 11.4 Å². The lowest BCUT2D eigenvalue weighted by atomic mass is 10.2. The number of carboxylic acid groups (broad SMARTS) is 1. The molecule has 1 aromatic heterocycles. The third-order valence-electron chi connectivity index (χ3n) is 2.38. The summed E-state index contributed by atoms with van der Waals surface area (Å²) >= 11 is 0. The number of carbonyl (C=O) groups is 1. The molecule has 2 rings (SSSR count). The van der Waals surface area contributed by atoms with Crippen molar-refractivity contribution in [3.63, 3.8) is 0 Å². The van der Waals surface area contributed by atoms with E-state index >= 15 is 0 Å². The molecule has 4 nitrogen and oxygen atoms in total. The summed E-state index contributed by atoms with van der Waals surface area (Å²) in [6.07, 6.45) is 1.56. The summed E-state index contributed by atoms with van der Waals surface area (Å²) in [4.78, 5) is 10.9. The highest BCUT2D eigenvalue weighted by molar-refractivity contribution is 5.86. The van der Waals surface area contributed by atoms with Crippen molar-refractivity contribution >= 4 is 5.97 Å². The van der Waals surface area contributed by atoms with Crippen LogP contribution in [0.25, 0.3) is 5.69 Å². The minimum atomic E-state index is -1.06. The van der Waals surface area contributed by atoms with E-state index in [4.69, 9.17) is 9.84 Å². The second-order valence-electron chi connectivity index (χ2n) is 3.39. The van der Waals surface area contributed by atoms with Gasteiger partial charge in [0, 0.05) is 18.0 Å². The van der Waals surface area contributed by atoms with Gasteiger partial charge in [0.05, 0.1) is 7.11 Å². The Labute approximate surface area is 96.9 Å². The monoisotopic (exact) mass is 235 g/mol. The Morgan fingerprint density at radius 1 is 1.41 bits per heavy atom. The molecular weight excluding hydrogens is 225 g/mol. The lowest BCUT2D eigenvalue weighted by Gasteiger charge is -2.08. The average Bonchev–Trinajstić information content (AvgIpc) is 2.77. The van der Waals surface area contributed by atoms with Crippen molar-refractivity contribution in [2.24, 2.45) is 0 Å². The van der Waals surface area contributed by atoms with E-state index in [2.05, 4.69) is 0 Å². The van der Waals surface area contributed by atoms with E-state index in [1.807, 2.05) is 0 Å². The first kappa shape index (κ1) is 11.2. The van der Waals surface area contributed by atoms with Crippen LogP contribution in [-0.4, -0.2) is 22.8 Å². The molecule has 0 spiro atoms. The van der Waals surface area contributed by atoms with Crippen molar-refractivity contribution in [1.82, 2.24) is 4.57 Å². The summed E-state index contributed by atoms with van der Waals surface area (Å²) < 4.78 is 19.7. The topological polar surface area (TPSA) is 51.5 Å². The van der Waals surface area contributed by atoms with E-state index in [9.17, 15) is 9.18 Å². The number of benzene rings is 1. The Morgan fingerprint density at radius 2 is 2.18 bits per heavy atom. The van der Waals surface area contributed by atoms with Gasteiger partial charge in [-0.05, 0) is 24.3 Å². The van der Waals surface area contributed by atoms with Crippen LogP contribution in [0.1, 0.15) is 10.5 Å². The van der Waals surface area contributed by atoms with E-state index in [1.165, 1.54) is 29.9 Å². The van der Waals surface area contributed by atoms with Crippen LogP contribution in [0.15, 0.2) is 36.5 Å². The molecule has 5 heteroatoms. The average molecular weight is 235 g/mol. The van der Waals surface area contributed by atoms with Gasteiger partial charge >= 0.3 is 5.97 Å². The molecule has 2 aromatic rings. The third-order valence-corrected chi connectivity index (χ3v) is 2.38. The number of hydrogen-bond donors (Lipinski definition) is 1. The molecule has 0 aliphatic rings. The SMILES string of the molecule is COc1ccc(-n2cccc2C(=O)O)cc1F. The van der Waals surface area contributed by atoms with Crippen molar-refractivity contribution in [3.8, 4) is 11.4 Å². The van der Waals surface area contributed by atoms with Crippen LogP contribution in [0, 0.1) is 5.82 Å². The first-order valence-corrected chi connectivity index (χ1v) is 4.88. The molecular formula is C12H10FNO3. The fraction of sp³-hybridized carbons (Fsp3) is 0.0833. The van der Waals surface area contributed by atoms with Crippen LogP contribution in [-0.2, 0) is 0 Å². The Morgan fingerprint density at radius 3 is 2.76 bits per heavy atom. The molecule has 0 saturated heterocycles. The molecule has 0 radical (unpaired) electrons. The zero-order valence-corrected chi connectivity index (χ0v) is 9.05. The Balaban J connectivity index is 2.50. The number of halogens is 1. The molecule has 1 heterocycles. The van der Waals surface area contributed by atoms with Gasteiger partial charge in [-0.1, -0.05) is 0 Å². The van der Waals surface area contributed by atoms with Crippen LogP contribution in [0.3, 0.4) is 0 Å². The Kier molecular flexibility index (Phi) is 2.82. The molecule has 0 bridgehead atoms. The standard InChI is InChI=1S/C12H10FNO3/c1-17-11-5-4-8(7-9(11)13)14-6-2-3-10(14)12(15)16/h2-7H,1H3,(H,15,16). The van der Waals surface area contributed by atoms with Gasteiger partial charge in [0.1, 0.15) is 5.69 Å². The van der Waals surface area contributed by atoms with Gasteiger partial charge in [0.2, 0.25) is 0 Å². The van der Waals surface area contributed by atoms with Crippen LogP contribution in [0.4, 0.5) is 4.39 Å². The van der Waals surface area contributed by atoms with Gasteiger partial charge in [-0.2, -0.15) is 0 Å². The lowest BCUT2D eigenvalue weighted by Crippen LogP contribution is -2.06. The van der Waals surface area contributed by atoms with Gasteiger partial charge < -0.3 is 14.4 Å². The van der Waals surface area contributed by atoms with Gasteiger partial charge in [0.25, 0.3) is 0 Å². The second-order valence-corrected chi connectivity index (χ2v) is 3.39. The summed E-state index contributed by atoms with van der Waals surface area (Å²) in [6, 6.07) is 7.31. The predicted molar refractivity (Wildman–Crippen MR) is 59.2 cm³/mol. The van der Waals surface area contributed by atoms with Crippen molar-refractivity contribution < 1.29 is 19.0 Å².